The van der Waals surface area contributed by atoms with Crippen LogP contribution in [-0.4, -0.2) is 30.2 Å². The molecule has 2 rings (SSSR count). The molecular weight excluding hydrogens is 274 g/mol. The van der Waals surface area contributed by atoms with Gasteiger partial charge in [0.15, 0.2) is 6.61 Å². The van der Waals surface area contributed by atoms with Crippen molar-refractivity contribution >= 4 is 17.8 Å². The van der Waals surface area contributed by atoms with Gasteiger partial charge in [-0.2, -0.15) is 0 Å². The van der Waals surface area contributed by atoms with E-state index in [0.717, 1.165) is 12.8 Å². The number of amides is 1. The maximum absolute atomic E-state index is 11.8. The standard InChI is InChI=1S/C14H21N3O4/c1-9-12(13(15)21-17-9)14(19)20-8-11(18)16-7-10-5-3-2-4-6-10/h10H,2-8,15H2,1H3,(H,16,18). The van der Waals surface area contributed by atoms with Gasteiger partial charge in [0.25, 0.3) is 5.91 Å². The smallest absolute Gasteiger partial charge is 0.346 e. The van der Waals surface area contributed by atoms with E-state index in [4.69, 9.17) is 10.5 Å². The summed E-state index contributed by atoms with van der Waals surface area (Å²) in [6, 6.07) is 0. The van der Waals surface area contributed by atoms with Crippen LogP contribution < -0.4 is 11.1 Å². The number of hydrogen-bond acceptors (Lipinski definition) is 6. The first-order chi connectivity index (χ1) is 10.1. The minimum Gasteiger partial charge on any atom is -0.452 e. The van der Waals surface area contributed by atoms with Crippen molar-refractivity contribution < 1.29 is 18.8 Å². The Morgan fingerprint density at radius 3 is 2.71 bits per heavy atom. The fourth-order valence-electron chi connectivity index (χ4n) is 2.54. The highest BCUT2D eigenvalue weighted by molar-refractivity contribution is 5.96. The summed E-state index contributed by atoms with van der Waals surface area (Å²) in [6.45, 7) is 1.90. The molecule has 1 fully saturated rings. The normalized spacial score (nSPS) is 15.7. The number of nitrogens with one attached hydrogen (secondary N) is 1. The second kappa shape index (κ2) is 7.10. The van der Waals surface area contributed by atoms with Crippen molar-refractivity contribution in [2.45, 2.75) is 39.0 Å². The van der Waals surface area contributed by atoms with E-state index in [0.29, 0.717) is 18.2 Å². The highest BCUT2D eigenvalue weighted by atomic mass is 16.5. The molecule has 116 valence electrons. The van der Waals surface area contributed by atoms with Gasteiger partial charge in [-0.05, 0) is 25.7 Å². The maximum atomic E-state index is 11.8. The first kappa shape index (κ1) is 15.3. The van der Waals surface area contributed by atoms with Gasteiger partial charge in [-0.15, -0.1) is 0 Å². The van der Waals surface area contributed by atoms with Gasteiger partial charge in [0, 0.05) is 6.54 Å². The lowest BCUT2D eigenvalue weighted by molar-refractivity contribution is -0.124. The average Bonchev–Trinajstić information content (AvgIpc) is 2.83. The van der Waals surface area contributed by atoms with Crippen LogP contribution in [0.15, 0.2) is 4.52 Å². The van der Waals surface area contributed by atoms with E-state index in [2.05, 4.69) is 15.0 Å². The van der Waals surface area contributed by atoms with Gasteiger partial charge in [-0.1, -0.05) is 24.4 Å². The molecule has 0 spiro atoms. The predicted molar refractivity (Wildman–Crippen MR) is 75.5 cm³/mol. The molecule has 0 aromatic carbocycles. The van der Waals surface area contributed by atoms with Crippen molar-refractivity contribution in [1.82, 2.24) is 10.5 Å². The fourth-order valence-corrected chi connectivity index (χ4v) is 2.54. The van der Waals surface area contributed by atoms with Crippen LogP contribution >= 0.6 is 0 Å². The molecule has 7 nitrogen and oxygen atoms in total. The third kappa shape index (κ3) is 4.21. The zero-order valence-corrected chi connectivity index (χ0v) is 12.2. The van der Waals surface area contributed by atoms with Gasteiger partial charge in [0.05, 0.1) is 5.69 Å². The van der Waals surface area contributed by atoms with Gasteiger partial charge in [0.2, 0.25) is 5.88 Å². The van der Waals surface area contributed by atoms with Crippen molar-refractivity contribution in [3.63, 3.8) is 0 Å². The Morgan fingerprint density at radius 2 is 2.10 bits per heavy atom. The fraction of sp³-hybridized carbons (Fsp3) is 0.643. The summed E-state index contributed by atoms with van der Waals surface area (Å²) in [5.74, 6) is -0.560. The molecule has 1 aromatic rings. The molecule has 3 N–H and O–H groups in total. The summed E-state index contributed by atoms with van der Waals surface area (Å²) >= 11 is 0. The van der Waals surface area contributed by atoms with Crippen LogP contribution in [-0.2, 0) is 9.53 Å². The molecule has 1 aliphatic carbocycles. The Hall–Kier alpha value is -2.05. The molecule has 0 unspecified atom stereocenters. The first-order valence-corrected chi connectivity index (χ1v) is 7.23. The summed E-state index contributed by atoms with van der Waals surface area (Å²) in [6.07, 6.45) is 6.03. The Bertz CT molecular complexity index is 487. The van der Waals surface area contributed by atoms with Gasteiger partial charge in [-0.25, -0.2) is 4.79 Å². The van der Waals surface area contributed by atoms with Gasteiger partial charge >= 0.3 is 5.97 Å². The van der Waals surface area contributed by atoms with Crippen molar-refractivity contribution in [3.8, 4) is 0 Å². The third-order valence-electron chi connectivity index (χ3n) is 3.74. The summed E-state index contributed by atoms with van der Waals surface area (Å²) in [7, 11) is 0. The maximum Gasteiger partial charge on any atom is 0.346 e. The molecule has 1 saturated carbocycles. The number of carbonyl (C=O) groups excluding carboxylic acids is 2. The van der Waals surface area contributed by atoms with Crippen LogP contribution in [0.5, 0.6) is 0 Å². The number of anilines is 1. The molecule has 21 heavy (non-hydrogen) atoms. The third-order valence-corrected chi connectivity index (χ3v) is 3.74. The highest BCUT2D eigenvalue weighted by Gasteiger charge is 2.21. The van der Waals surface area contributed by atoms with E-state index in [9.17, 15) is 9.59 Å². The Morgan fingerprint density at radius 1 is 1.38 bits per heavy atom. The van der Waals surface area contributed by atoms with E-state index in [1.54, 1.807) is 6.92 Å². The summed E-state index contributed by atoms with van der Waals surface area (Å²) < 4.78 is 9.60. The van der Waals surface area contributed by atoms with E-state index in [1.807, 2.05) is 0 Å². The van der Waals surface area contributed by atoms with E-state index >= 15 is 0 Å². The molecule has 1 heterocycles. The number of esters is 1. The van der Waals surface area contributed by atoms with Crippen LogP contribution in [0.4, 0.5) is 5.88 Å². The lowest BCUT2D eigenvalue weighted by atomic mass is 9.89. The molecule has 0 bridgehead atoms. The van der Waals surface area contributed by atoms with Crippen molar-refractivity contribution in [2.75, 3.05) is 18.9 Å². The van der Waals surface area contributed by atoms with Crippen LogP contribution in [0, 0.1) is 12.8 Å². The lowest BCUT2D eigenvalue weighted by Gasteiger charge is -2.21. The van der Waals surface area contributed by atoms with Crippen LogP contribution in [0.2, 0.25) is 0 Å². The van der Waals surface area contributed by atoms with Crippen LogP contribution in [0.1, 0.15) is 48.2 Å². The Kier molecular flexibility index (Phi) is 5.19. The van der Waals surface area contributed by atoms with Crippen molar-refractivity contribution in [3.05, 3.63) is 11.3 Å². The molecule has 7 heteroatoms. The number of rotatable bonds is 5. The van der Waals surface area contributed by atoms with Crippen LogP contribution in [0.3, 0.4) is 0 Å². The molecule has 1 aliphatic rings. The minimum absolute atomic E-state index is 0.0788. The Labute approximate surface area is 123 Å². The van der Waals surface area contributed by atoms with E-state index < -0.39 is 5.97 Å². The zero-order chi connectivity index (χ0) is 15.2. The minimum atomic E-state index is -0.695. The van der Waals surface area contributed by atoms with Crippen molar-refractivity contribution in [2.24, 2.45) is 5.92 Å². The molecule has 1 amide bonds. The number of aromatic nitrogens is 1. The van der Waals surface area contributed by atoms with Gasteiger partial charge in [0.1, 0.15) is 5.56 Å². The number of nitrogen functional groups attached to an aromatic ring is 1. The highest BCUT2D eigenvalue weighted by Crippen LogP contribution is 2.22. The molecule has 0 atom stereocenters. The molecule has 0 saturated heterocycles. The quantitative estimate of drug-likeness (QED) is 0.795. The number of ether oxygens (including phenoxy) is 1. The zero-order valence-electron chi connectivity index (χ0n) is 12.2. The van der Waals surface area contributed by atoms with Crippen LogP contribution in [0.25, 0.3) is 0 Å². The average molecular weight is 295 g/mol. The number of nitrogens with two attached hydrogens (primary N) is 1. The molecule has 0 radical (unpaired) electrons. The summed E-state index contributed by atoms with van der Waals surface area (Å²) in [5.41, 5.74) is 5.90. The van der Waals surface area contributed by atoms with E-state index in [-0.39, 0.29) is 24.0 Å². The number of aryl methyl sites for hydroxylation is 1. The molecular formula is C14H21N3O4. The number of nitrogens with zero attached hydrogens (tertiary/aromatic N) is 1. The summed E-state index contributed by atoms with van der Waals surface area (Å²) in [5, 5.41) is 6.36. The van der Waals surface area contributed by atoms with Gasteiger partial charge < -0.3 is 20.3 Å². The first-order valence-electron chi connectivity index (χ1n) is 7.23. The Balaban J connectivity index is 1.72. The summed E-state index contributed by atoms with van der Waals surface area (Å²) in [4.78, 5) is 23.4. The number of hydrogen-bond donors (Lipinski definition) is 2. The van der Waals surface area contributed by atoms with E-state index in [1.165, 1.54) is 19.3 Å². The lowest BCUT2D eigenvalue weighted by Crippen LogP contribution is -2.33. The monoisotopic (exact) mass is 295 g/mol. The SMILES string of the molecule is Cc1noc(N)c1C(=O)OCC(=O)NCC1CCCCC1. The second-order valence-corrected chi connectivity index (χ2v) is 5.39. The predicted octanol–water partition coefficient (Wildman–Crippen LogP) is 1.42. The topological polar surface area (TPSA) is 107 Å². The largest absolute Gasteiger partial charge is 0.452 e. The molecule has 0 aliphatic heterocycles. The second-order valence-electron chi connectivity index (χ2n) is 5.39. The molecule has 1 aromatic heterocycles. The number of carbonyl (C=O) groups is 2. The van der Waals surface area contributed by atoms with Crippen molar-refractivity contribution in [1.29, 1.82) is 0 Å². The van der Waals surface area contributed by atoms with Gasteiger partial charge in [-0.3, -0.25) is 4.79 Å².